The Kier molecular flexibility index (Phi) is 19.1. The van der Waals surface area contributed by atoms with Crippen molar-refractivity contribution in [3.63, 3.8) is 0 Å². The zero-order valence-electron chi connectivity index (χ0n) is 8.72. The molecule has 0 aromatic rings. The molecule has 0 fully saturated rings. The highest BCUT2D eigenvalue weighted by Crippen LogP contribution is 1.84. The SMILES string of the molecule is C=C(O)CC.CCCN(C)C.O. The molecule has 0 atom stereocenters. The second kappa shape index (κ2) is 13.1. The lowest BCUT2D eigenvalue weighted by Gasteiger charge is -2.03. The predicted molar refractivity (Wildman–Crippen MR) is 54.5 cm³/mol. The fourth-order valence-corrected chi connectivity index (χ4v) is 0.447. The van der Waals surface area contributed by atoms with E-state index in [1.54, 1.807) is 0 Å². The van der Waals surface area contributed by atoms with Crippen molar-refractivity contribution >= 4 is 0 Å². The highest BCUT2D eigenvalue weighted by molar-refractivity contribution is 4.74. The van der Waals surface area contributed by atoms with Gasteiger partial charge in [0, 0.05) is 6.42 Å². The van der Waals surface area contributed by atoms with Crippen LogP contribution >= 0.6 is 0 Å². The molecule has 3 heteroatoms. The average molecular weight is 177 g/mol. The van der Waals surface area contributed by atoms with Gasteiger partial charge in [0.05, 0.1) is 5.76 Å². The summed E-state index contributed by atoms with van der Waals surface area (Å²) >= 11 is 0. The number of allylic oxidation sites excluding steroid dienone is 1. The van der Waals surface area contributed by atoms with Gasteiger partial charge in [-0.2, -0.15) is 0 Å². The molecule has 0 saturated heterocycles. The quantitative estimate of drug-likeness (QED) is 0.666. The highest BCUT2D eigenvalue weighted by Gasteiger charge is 1.79. The number of aliphatic hydroxyl groups excluding tert-OH is 1. The Morgan fingerprint density at radius 1 is 1.33 bits per heavy atom. The van der Waals surface area contributed by atoms with Crippen molar-refractivity contribution in [2.75, 3.05) is 20.6 Å². The number of hydrogen-bond donors (Lipinski definition) is 1. The van der Waals surface area contributed by atoms with Gasteiger partial charge in [0.2, 0.25) is 0 Å². The maximum absolute atomic E-state index is 8.17. The summed E-state index contributed by atoms with van der Waals surface area (Å²) in [6, 6.07) is 0. The molecule has 0 saturated carbocycles. The lowest BCUT2D eigenvalue weighted by Crippen LogP contribution is -2.11. The third kappa shape index (κ3) is 34.0. The van der Waals surface area contributed by atoms with Crippen molar-refractivity contribution < 1.29 is 10.6 Å². The standard InChI is InChI=1S/C5H13N.C4H8O.H2O/c1-4-5-6(2)3;1-3-4(2)5;/h4-5H2,1-3H3;5H,2-3H2,1H3;1H2. The van der Waals surface area contributed by atoms with Crippen molar-refractivity contribution in [1.29, 1.82) is 0 Å². The van der Waals surface area contributed by atoms with Gasteiger partial charge in [-0.3, -0.25) is 0 Å². The molecule has 0 aliphatic carbocycles. The summed E-state index contributed by atoms with van der Waals surface area (Å²) in [6.07, 6.45) is 1.92. The van der Waals surface area contributed by atoms with E-state index in [0.29, 0.717) is 6.42 Å². The zero-order chi connectivity index (χ0) is 9.28. The van der Waals surface area contributed by atoms with Crippen LogP contribution in [-0.4, -0.2) is 36.1 Å². The molecule has 0 bridgehead atoms. The van der Waals surface area contributed by atoms with Crippen molar-refractivity contribution in [1.82, 2.24) is 4.90 Å². The van der Waals surface area contributed by atoms with Gasteiger partial charge in [-0.1, -0.05) is 20.4 Å². The van der Waals surface area contributed by atoms with Crippen molar-refractivity contribution in [3.05, 3.63) is 12.3 Å². The first kappa shape index (κ1) is 17.5. The topological polar surface area (TPSA) is 55.0 Å². The Hall–Kier alpha value is -0.540. The second-order valence-corrected chi connectivity index (χ2v) is 2.72. The van der Waals surface area contributed by atoms with Gasteiger partial charge in [0.25, 0.3) is 0 Å². The van der Waals surface area contributed by atoms with E-state index in [-0.39, 0.29) is 11.2 Å². The smallest absolute Gasteiger partial charge is 0.0848 e. The summed E-state index contributed by atoms with van der Waals surface area (Å²) in [4.78, 5) is 2.18. The fraction of sp³-hybridized carbons (Fsp3) is 0.778. The van der Waals surface area contributed by atoms with E-state index in [0.717, 1.165) is 0 Å². The van der Waals surface area contributed by atoms with Crippen LogP contribution in [0.5, 0.6) is 0 Å². The number of hydrogen-bond acceptors (Lipinski definition) is 2. The van der Waals surface area contributed by atoms with E-state index in [1.807, 2.05) is 6.92 Å². The largest absolute Gasteiger partial charge is 0.513 e. The van der Waals surface area contributed by atoms with E-state index in [4.69, 9.17) is 5.11 Å². The Morgan fingerprint density at radius 3 is 1.67 bits per heavy atom. The molecule has 0 amide bonds. The molecule has 0 aliphatic rings. The van der Waals surface area contributed by atoms with Gasteiger partial charge in [-0.05, 0) is 27.1 Å². The van der Waals surface area contributed by atoms with Crippen molar-refractivity contribution in [3.8, 4) is 0 Å². The van der Waals surface area contributed by atoms with Crippen LogP contribution in [0.4, 0.5) is 0 Å². The Balaban J connectivity index is -0.000000126. The summed E-state index contributed by atoms with van der Waals surface area (Å²) in [7, 11) is 4.17. The number of nitrogens with zero attached hydrogens (tertiary/aromatic N) is 1. The van der Waals surface area contributed by atoms with Gasteiger partial charge < -0.3 is 15.5 Å². The Bertz CT molecular complexity index is 92.5. The average Bonchev–Trinajstić information content (AvgIpc) is 1.89. The van der Waals surface area contributed by atoms with Gasteiger partial charge in [-0.25, -0.2) is 0 Å². The molecule has 0 rings (SSSR count). The Labute approximate surface area is 76.0 Å². The minimum absolute atomic E-state index is 0. The van der Waals surface area contributed by atoms with Crippen molar-refractivity contribution in [2.24, 2.45) is 0 Å². The molecular formula is C9H23NO2. The van der Waals surface area contributed by atoms with Crippen LogP contribution in [0.2, 0.25) is 0 Å². The maximum atomic E-state index is 8.17. The van der Waals surface area contributed by atoms with Crippen LogP contribution in [-0.2, 0) is 0 Å². The molecule has 0 aliphatic heterocycles. The monoisotopic (exact) mass is 177 g/mol. The van der Waals surface area contributed by atoms with E-state index in [2.05, 4.69) is 32.5 Å². The van der Waals surface area contributed by atoms with Crippen LogP contribution in [0.25, 0.3) is 0 Å². The second-order valence-electron chi connectivity index (χ2n) is 2.72. The van der Waals surface area contributed by atoms with E-state index >= 15 is 0 Å². The molecule has 0 radical (unpaired) electrons. The number of rotatable bonds is 3. The summed E-state index contributed by atoms with van der Waals surface area (Å²) in [5, 5.41) is 8.17. The number of aliphatic hydroxyl groups is 1. The lowest BCUT2D eigenvalue weighted by molar-refractivity contribution is 0.397. The minimum atomic E-state index is 0. The van der Waals surface area contributed by atoms with Crippen LogP contribution in [0, 0.1) is 0 Å². The normalized spacial score (nSPS) is 8.08. The van der Waals surface area contributed by atoms with Gasteiger partial charge in [0.1, 0.15) is 0 Å². The zero-order valence-corrected chi connectivity index (χ0v) is 8.72. The first-order chi connectivity index (χ1) is 5.04. The summed E-state index contributed by atoms with van der Waals surface area (Å²) in [5.41, 5.74) is 0. The summed E-state index contributed by atoms with van der Waals surface area (Å²) in [5.74, 6) is 0.255. The van der Waals surface area contributed by atoms with E-state index in [1.165, 1.54) is 13.0 Å². The molecule has 0 aromatic heterocycles. The third-order valence-electron chi connectivity index (χ3n) is 1.08. The molecule has 0 unspecified atom stereocenters. The van der Waals surface area contributed by atoms with Crippen LogP contribution in [0.15, 0.2) is 12.3 Å². The van der Waals surface area contributed by atoms with Gasteiger partial charge >= 0.3 is 0 Å². The fourth-order valence-electron chi connectivity index (χ4n) is 0.447. The first-order valence-electron chi connectivity index (χ1n) is 4.06. The van der Waals surface area contributed by atoms with Crippen LogP contribution in [0.3, 0.4) is 0 Å². The summed E-state index contributed by atoms with van der Waals surface area (Å²) in [6.45, 7) is 8.47. The molecular weight excluding hydrogens is 154 g/mol. The molecule has 12 heavy (non-hydrogen) atoms. The molecule has 3 nitrogen and oxygen atoms in total. The van der Waals surface area contributed by atoms with Gasteiger partial charge in [0.15, 0.2) is 0 Å². The minimum Gasteiger partial charge on any atom is -0.513 e. The van der Waals surface area contributed by atoms with Crippen molar-refractivity contribution in [2.45, 2.75) is 26.7 Å². The van der Waals surface area contributed by atoms with Gasteiger partial charge in [-0.15, -0.1) is 0 Å². The highest BCUT2D eigenvalue weighted by atomic mass is 16.3. The van der Waals surface area contributed by atoms with Crippen LogP contribution in [0.1, 0.15) is 26.7 Å². The van der Waals surface area contributed by atoms with E-state index in [9.17, 15) is 0 Å². The lowest BCUT2D eigenvalue weighted by atomic mass is 10.4. The molecule has 76 valence electrons. The summed E-state index contributed by atoms with van der Waals surface area (Å²) < 4.78 is 0. The first-order valence-corrected chi connectivity index (χ1v) is 4.06. The molecule has 3 N–H and O–H groups in total. The predicted octanol–water partition coefficient (Wildman–Crippen LogP) is 1.60. The molecule has 0 heterocycles. The van der Waals surface area contributed by atoms with E-state index < -0.39 is 0 Å². The molecule has 0 spiro atoms. The maximum Gasteiger partial charge on any atom is 0.0848 e. The molecule has 0 aromatic carbocycles. The Morgan fingerprint density at radius 2 is 1.67 bits per heavy atom. The van der Waals surface area contributed by atoms with Crippen LogP contribution < -0.4 is 0 Å². The third-order valence-corrected chi connectivity index (χ3v) is 1.08.